The van der Waals surface area contributed by atoms with Crippen molar-refractivity contribution in [1.82, 2.24) is 20.5 Å². The van der Waals surface area contributed by atoms with Gasteiger partial charge in [0, 0.05) is 43.3 Å². The number of benzene rings is 2. The van der Waals surface area contributed by atoms with E-state index >= 15 is 0 Å². The number of nitrogens with one attached hydrogen (secondary N) is 2. The maximum Gasteiger partial charge on any atom is 0.245 e. The second kappa shape index (κ2) is 14.8. The summed E-state index contributed by atoms with van der Waals surface area (Å²) in [6.07, 6.45) is 1.83. The fraction of sp³-hybridized carbons (Fsp3) is 0.345. The first-order valence-corrected chi connectivity index (χ1v) is 13.4. The standard InChI is InChI=1S/C29H38N8O4/c30-12-14-37(15-13-31)26(39)17-29(33,22-16-21-8-4-5-9-23(21)34-18-22)28(41)35-19-25(38)36-24(27(32)40)11-10-20-6-2-1-3-7-20/h1-9,16,18,24H,10-15,17,19,30-31,33H2,(H2,32,40)(H,35,41)(H,36,38)/t24-,29-/m0/s1. The van der Waals surface area contributed by atoms with Crippen LogP contribution in [0.3, 0.4) is 0 Å². The van der Waals surface area contributed by atoms with Crippen LogP contribution in [0.15, 0.2) is 66.9 Å². The highest BCUT2D eigenvalue weighted by Gasteiger charge is 2.40. The largest absolute Gasteiger partial charge is 0.368 e. The number of aryl methyl sites for hydroxylation is 1. The molecular weight excluding hydrogens is 524 g/mol. The maximum atomic E-state index is 13.6. The van der Waals surface area contributed by atoms with Crippen molar-refractivity contribution in [3.8, 4) is 0 Å². The third kappa shape index (κ3) is 8.55. The van der Waals surface area contributed by atoms with Gasteiger partial charge in [-0.25, -0.2) is 0 Å². The van der Waals surface area contributed by atoms with Gasteiger partial charge in [0.25, 0.3) is 0 Å². The second-order valence-electron chi connectivity index (χ2n) is 9.75. The molecule has 1 heterocycles. The topological polar surface area (TPSA) is 213 Å². The van der Waals surface area contributed by atoms with Crippen LogP contribution >= 0.6 is 0 Å². The second-order valence-corrected chi connectivity index (χ2v) is 9.75. The Hall–Kier alpha value is -4.39. The zero-order valence-corrected chi connectivity index (χ0v) is 22.9. The van der Waals surface area contributed by atoms with Crippen LogP contribution < -0.4 is 33.6 Å². The average Bonchev–Trinajstić information content (AvgIpc) is 2.97. The zero-order valence-electron chi connectivity index (χ0n) is 22.9. The molecule has 0 fully saturated rings. The molecule has 12 nitrogen and oxygen atoms in total. The summed E-state index contributed by atoms with van der Waals surface area (Å²) in [5, 5.41) is 5.81. The SMILES string of the molecule is NCCN(CCN)C(=O)C[C@@](N)(C(=O)NCC(=O)N[C@@H](CCc1ccccc1)C(N)=O)c1cnc2ccccc2c1. The predicted octanol–water partition coefficient (Wildman–Crippen LogP) is -0.756. The molecule has 0 radical (unpaired) electrons. The van der Waals surface area contributed by atoms with Crippen LogP contribution in [0.2, 0.25) is 0 Å². The van der Waals surface area contributed by atoms with Crippen LogP contribution in [-0.4, -0.2) is 72.3 Å². The van der Waals surface area contributed by atoms with E-state index in [1.165, 1.54) is 11.1 Å². The maximum absolute atomic E-state index is 13.6. The van der Waals surface area contributed by atoms with Gasteiger partial charge in [0.1, 0.15) is 11.6 Å². The van der Waals surface area contributed by atoms with Crippen LogP contribution in [0.5, 0.6) is 0 Å². The van der Waals surface area contributed by atoms with E-state index in [0.717, 1.165) is 10.9 Å². The van der Waals surface area contributed by atoms with Crippen molar-refractivity contribution in [1.29, 1.82) is 0 Å². The summed E-state index contributed by atoms with van der Waals surface area (Å²) in [5.74, 6) is -2.51. The van der Waals surface area contributed by atoms with Crippen LogP contribution in [-0.2, 0) is 31.1 Å². The van der Waals surface area contributed by atoms with Crippen LogP contribution in [0.25, 0.3) is 10.9 Å². The van der Waals surface area contributed by atoms with Crippen molar-refractivity contribution in [2.75, 3.05) is 32.7 Å². The van der Waals surface area contributed by atoms with Gasteiger partial charge in [-0.1, -0.05) is 48.5 Å². The van der Waals surface area contributed by atoms with Gasteiger partial charge in [0.15, 0.2) is 0 Å². The van der Waals surface area contributed by atoms with E-state index < -0.39 is 48.2 Å². The van der Waals surface area contributed by atoms with E-state index in [1.807, 2.05) is 54.6 Å². The molecule has 0 aliphatic carbocycles. The Bertz CT molecular complexity index is 1350. The van der Waals surface area contributed by atoms with Gasteiger partial charge < -0.3 is 38.5 Å². The highest BCUT2D eigenvalue weighted by atomic mass is 16.2. The Morgan fingerprint density at radius 3 is 2.27 bits per heavy atom. The first kappa shape index (κ1) is 31.1. The number of primary amides is 1. The molecule has 0 unspecified atom stereocenters. The minimum Gasteiger partial charge on any atom is -0.368 e. The van der Waals surface area contributed by atoms with Crippen molar-refractivity contribution in [3.05, 3.63) is 78.0 Å². The van der Waals surface area contributed by atoms with Crippen molar-refractivity contribution in [2.45, 2.75) is 30.8 Å². The molecule has 3 rings (SSSR count). The van der Waals surface area contributed by atoms with Gasteiger partial charge in [0.2, 0.25) is 23.6 Å². The molecule has 1 aromatic heterocycles. The molecule has 0 saturated carbocycles. The number of pyridine rings is 1. The number of aromatic nitrogens is 1. The van der Waals surface area contributed by atoms with Gasteiger partial charge >= 0.3 is 0 Å². The lowest BCUT2D eigenvalue weighted by Gasteiger charge is -2.31. The third-order valence-electron chi connectivity index (χ3n) is 6.74. The van der Waals surface area contributed by atoms with Gasteiger partial charge in [-0.2, -0.15) is 0 Å². The first-order valence-electron chi connectivity index (χ1n) is 13.4. The fourth-order valence-electron chi connectivity index (χ4n) is 4.46. The molecule has 3 aromatic rings. The number of rotatable bonds is 15. The van der Waals surface area contributed by atoms with Crippen LogP contribution in [0.4, 0.5) is 0 Å². The van der Waals surface area contributed by atoms with E-state index in [0.29, 0.717) is 17.5 Å². The number of amides is 4. The molecule has 0 bridgehead atoms. The monoisotopic (exact) mass is 562 g/mol. The summed E-state index contributed by atoms with van der Waals surface area (Å²) in [6, 6.07) is 17.5. The highest BCUT2D eigenvalue weighted by Crippen LogP contribution is 2.26. The Kier molecular flexibility index (Phi) is 11.3. The number of para-hydroxylation sites is 1. The van der Waals surface area contributed by atoms with Crippen molar-refractivity contribution >= 4 is 34.5 Å². The molecule has 0 aliphatic rings. The number of carbonyl (C=O) groups excluding carboxylic acids is 4. The molecule has 41 heavy (non-hydrogen) atoms. The summed E-state index contributed by atoms with van der Waals surface area (Å²) in [7, 11) is 0. The van der Waals surface area contributed by atoms with E-state index in [9.17, 15) is 19.2 Å². The molecular formula is C29H38N8O4. The van der Waals surface area contributed by atoms with E-state index in [1.54, 1.807) is 6.07 Å². The number of nitrogens with zero attached hydrogens (tertiary/aromatic N) is 2. The van der Waals surface area contributed by atoms with Gasteiger partial charge in [-0.15, -0.1) is 0 Å². The van der Waals surface area contributed by atoms with E-state index in [4.69, 9.17) is 22.9 Å². The summed E-state index contributed by atoms with van der Waals surface area (Å²) in [5.41, 5.74) is 23.6. The first-order chi connectivity index (χ1) is 19.7. The lowest BCUT2D eigenvalue weighted by Crippen LogP contribution is -2.56. The lowest BCUT2D eigenvalue weighted by atomic mass is 9.86. The minimum absolute atomic E-state index is 0.207. The van der Waals surface area contributed by atoms with Gasteiger partial charge in [0.05, 0.1) is 18.5 Å². The Balaban J connectivity index is 1.76. The Morgan fingerprint density at radius 2 is 1.61 bits per heavy atom. The summed E-state index contributed by atoms with van der Waals surface area (Å²) < 4.78 is 0. The quantitative estimate of drug-likeness (QED) is 0.138. The number of hydrogen-bond donors (Lipinski definition) is 6. The summed E-state index contributed by atoms with van der Waals surface area (Å²) in [4.78, 5) is 57.3. The third-order valence-corrected chi connectivity index (χ3v) is 6.74. The molecule has 12 heteroatoms. The molecule has 0 spiro atoms. The highest BCUT2D eigenvalue weighted by molar-refractivity contribution is 5.96. The van der Waals surface area contributed by atoms with E-state index in [-0.39, 0.29) is 32.6 Å². The van der Waals surface area contributed by atoms with Gasteiger partial charge in [-0.05, 0) is 30.5 Å². The number of carbonyl (C=O) groups is 4. The number of fused-ring (bicyclic) bond motifs is 1. The molecule has 0 aliphatic heterocycles. The summed E-state index contributed by atoms with van der Waals surface area (Å²) in [6.45, 7) is 0.404. The Morgan fingerprint density at radius 1 is 0.951 bits per heavy atom. The molecule has 10 N–H and O–H groups in total. The molecule has 2 atom stereocenters. The number of hydrogen-bond acceptors (Lipinski definition) is 8. The van der Waals surface area contributed by atoms with Gasteiger partial charge in [-0.3, -0.25) is 24.2 Å². The van der Waals surface area contributed by atoms with E-state index in [2.05, 4.69) is 15.6 Å². The number of nitrogens with two attached hydrogens (primary N) is 4. The van der Waals surface area contributed by atoms with Crippen molar-refractivity contribution < 1.29 is 19.2 Å². The summed E-state index contributed by atoms with van der Waals surface area (Å²) >= 11 is 0. The van der Waals surface area contributed by atoms with Crippen molar-refractivity contribution in [3.63, 3.8) is 0 Å². The zero-order chi connectivity index (χ0) is 29.8. The average molecular weight is 563 g/mol. The van der Waals surface area contributed by atoms with Crippen molar-refractivity contribution in [2.24, 2.45) is 22.9 Å². The molecule has 2 aromatic carbocycles. The Labute approximate surface area is 238 Å². The molecule has 0 saturated heterocycles. The normalized spacial score (nSPS) is 13.1. The minimum atomic E-state index is -1.87. The predicted molar refractivity (Wildman–Crippen MR) is 156 cm³/mol. The van der Waals surface area contributed by atoms with Crippen LogP contribution in [0, 0.1) is 0 Å². The fourth-order valence-corrected chi connectivity index (χ4v) is 4.46. The molecule has 4 amide bonds. The lowest BCUT2D eigenvalue weighted by molar-refractivity contribution is -0.138. The molecule has 218 valence electrons. The van der Waals surface area contributed by atoms with Crippen LogP contribution in [0.1, 0.15) is 24.0 Å². The smallest absolute Gasteiger partial charge is 0.245 e.